The molecule has 0 spiro atoms. The van der Waals surface area contributed by atoms with E-state index in [1.54, 1.807) is 0 Å². The van der Waals surface area contributed by atoms with E-state index in [2.05, 4.69) is 10.1 Å². The second kappa shape index (κ2) is 6.79. The fourth-order valence-corrected chi connectivity index (χ4v) is 2.87. The van der Waals surface area contributed by atoms with Gasteiger partial charge in [-0.15, -0.1) is 0 Å². The average Bonchev–Trinajstić information content (AvgIpc) is 3.16. The predicted octanol–water partition coefficient (Wildman–Crippen LogP) is 2.11. The number of piperazine rings is 1. The van der Waals surface area contributed by atoms with Gasteiger partial charge in [0.15, 0.2) is 0 Å². The number of hydrogen-bond acceptors (Lipinski definition) is 5. The highest BCUT2D eigenvalue weighted by Crippen LogP contribution is 2.19. The van der Waals surface area contributed by atoms with Crippen LogP contribution in [0.5, 0.6) is 0 Å². The number of carbonyl (C=O) groups excluding carboxylic acids is 2. The number of anilines is 1. The van der Waals surface area contributed by atoms with E-state index in [-0.39, 0.29) is 6.54 Å². The van der Waals surface area contributed by atoms with Crippen LogP contribution in [-0.2, 0) is 16.1 Å². The third kappa shape index (κ3) is 3.06. The largest absolute Gasteiger partial charge is 0.337 e. The molecule has 0 bridgehead atoms. The minimum absolute atomic E-state index is 0.118. The minimum atomic E-state index is -0.570. The van der Waals surface area contributed by atoms with Crippen molar-refractivity contribution in [3.8, 4) is 11.4 Å². The normalized spacial score (nSPS) is 14.8. The van der Waals surface area contributed by atoms with Crippen LogP contribution in [0, 0.1) is 0 Å². The highest BCUT2D eigenvalue weighted by atomic mass is 16.5. The Morgan fingerprint density at radius 2 is 1.58 bits per heavy atom. The molecule has 130 valence electrons. The first-order chi connectivity index (χ1) is 12.7. The molecule has 1 saturated heterocycles. The van der Waals surface area contributed by atoms with Gasteiger partial charge in [-0.2, -0.15) is 4.98 Å². The van der Waals surface area contributed by atoms with E-state index >= 15 is 0 Å². The van der Waals surface area contributed by atoms with Gasteiger partial charge in [0.05, 0.1) is 0 Å². The maximum atomic E-state index is 12.4. The third-order valence-corrected chi connectivity index (χ3v) is 4.20. The second-order valence-electron chi connectivity index (χ2n) is 5.90. The summed E-state index contributed by atoms with van der Waals surface area (Å²) in [4.78, 5) is 32.1. The molecule has 1 aliphatic heterocycles. The second-order valence-corrected chi connectivity index (χ2v) is 5.90. The van der Waals surface area contributed by atoms with Crippen LogP contribution in [0.4, 0.5) is 5.69 Å². The number of benzene rings is 2. The molecule has 0 aliphatic carbocycles. The smallest absolute Gasteiger partial charge is 0.316 e. The molecule has 1 aromatic heterocycles. The third-order valence-electron chi connectivity index (χ3n) is 4.20. The van der Waals surface area contributed by atoms with E-state index in [0.717, 1.165) is 11.3 Å². The van der Waals surface area contributed by atoms with E-state index in [4.69, 9.17) is 4.52 Å². The van der Waals surface area contributed by atoms with Gasteiger partial charge < -0.3 is 14.3 Å². The zero-order valence-corrected chi connectivity index (χ0v) is 13.9. The quantitative estimate of drug-likeness (QED) is 0.675. The van der Waals surface area contributed by atoms with E-state index < -0.39 is 11.8 Å². The van der Waals surface area contributed by atoms with Gasteiger partial charge in [0.25, 0.3) is 0 Å². The molecule has 2 heterocycles. The molecule has 3 aromatic rings. The van der Waals surface area contributed by atoms with Crippen LogP contribution in [0.15, 0.2) is 65.2 Å². The highest BCUT2D eigenvalue weighted by molar-refractivity contribution is 6.40. The van der Waals surface area contributed by atoms with Crippen molar-refractivity contribution < 1.29 is 14.1 Å². The summed E-state index contributed by atoms with van der Waals surface area (Å²) >= 11 is 0. The van der Waals surface area contributed by atoms with Crippen molar-refractivity contribution in [1.82, 2.24) is 15.0 Å². The Hall–Kier alpha value is -3.48. The molecular formula is C19H16N4O3. The molecule has 1 aliphatic rings. The molecule has 0 atom stereocenters. The molecule has 26 heavy (non-hydrogen) atoms. The minimum Gasteiger partial charge on any atom is -0.337 e. The van der Waals surface area contributed by atoms with Gasteiger partial charge >= 0.3 is 11.8 Å². The van der Waals surface area contributed by atoms with Crippen molar-refractivity contribution in [2.24, 2.45) is 0 Å². The number of hydrogen-bond donors (Lipinski definition) is 0. The Bertz CT molecular complexity index is 924. The summed E-state index contributed by atoms with van der Waals surface area (Å²) in [6.45, 7) is 0.948. The molecule has 7 nitrogen and oxygen atoms in total. The summed E-state index contributed by atoms with van der Waals surface area (Å²) in [5.41, 5.74) is 1.55. The van der Waals surface area contributed by atoms with Crippen molar-refractivity contribution in [2.75, 3.05) is 18.0 Å². The molecule has 0 radical (unpaired) electrons. The fraction of sp³-hybridized carbons (Fsp3) is 0.158. The Kier molecular flexibility index (Phi) is 4.18. The number of amides is 2. The summed E-state index contributed by atoms with van der Waals surface area (Å²) in [5, 5.41) is 3.94. The van der Waals surface area contributed by atoms with Gasteiger partial charge in [0.1, 0.15) is 6.54 Å². The Morgan fingerprint density at radius 3 is 2.31 bits per heavy atom. The van der Waals surface area contributed by atoms with Gasteiger partial charge in [-0.05, 0) is 12.1 Å². The maximum absolute atomic E-state index is 12.4. The van der Waals surface area contributed by atoms with Crippen LogP contribution >= 0.6 is 0 Å². The lowest BCUT2D eigenvalue weighted by Gasteiger charge is -2.32. The van der Waals surface area contributed by atoms with Gasteiger partial charge in [0, 0.05) is 24.3 Å². The van der Waals surface area contributed by atoms with E-state index in [9.17, 15) is 9.59 Å². The molecule has 4 rings (SSSR count). The molecule has 0 N–H and O–H groups in total. The van der Waals surface area contributed by atoms with Crippen LogP contribution in [0.3, 0.4) is 0 Å². The molecule has 2 aromatic carbocycles. The van der Waals surface area contributed by atoms with Crippen LogP contribution in [-0.4, -0.2) is 39.9 Å². The van der Waals surface area contributed by atoms with Gasteiger partial charge in [-0.1, -0.05) is 53.7 Å². The van der Waals surface area contributed by atoms with Crippen molar-refractivity contribution >= 4 is 17.5 Å². The first-order valence-corrected chi connectivity index (χ1v) is 8.26. The van der Waals surface area contributed by atoms with Crippen LogP contribution < -0.4 is 4.90 Å². The lowest BCUT2D eigenvalue weighted by atomic mass is 10.2. The first kappa shape index (κ1) is 16.0. The summed E-state index contributed by atoms with van der Waals surface area (Å²) in [5.74, 6) is -0.356. The summed E-state index contributed by atoms with van der Waals surface area (Å²) in [6.07, 6.45) is 0. The van der Waals surface area contributed by atoms with Crippen molar-refractivity contribution in [1.29, 1.82) is 0 Å². The number of carbonyl (C=O) groups is 2. The van der Waals surface area contributed by atoms with Gasteiger partial charge in [-0.3, -0.25) is 9.59 Å². The first-order valence-electron chi connectivity index (χ1n) is 8.26. The number of para-hydroxylation sites is 1. The summed E-state index contributed by atoms with van der Waals surface area (Å²) in [7, 11) is 0. The topological polar surface area (TPSA) is 79.5 Å². The van der Waals surface area contributed by atoms with E-state index in [0.29, 0.717) is 24.8 Å². The molecule has 0 unspecified atom stereocenters. The zero-order chi connectivity index (χ0) is 17.9. The monoisotopic (exact) mass is 348 g/mol. The SMILES string of the molecule is O=C1C(=O)N(c2ccccc2)CCN1Cc1nc(-c2ccccc2)no1. The molecule has 0 saturated carbocycles. The summed E-state index contributed by atoms with van der Waals surface area (Å²) in [6, 6.07) is 18.6. The van der Waals surface area contributed by atoms with Crippen LogP contribution in [0.25, 0.3) is 11.4 Å². The van der Waals surface area contributed by atoms with Gasteiger partial charge in [-0.25, -0.2) is 0 Å². The zero-order valence-electron chi connectivity index (χ0n) is 13.9. The number of nitrogens with zero attached hydrogens (tertiary/aromatic N) is 4. The Labute approximate surface area is 149 Å². The fourth-order valence-electron chi connectivity index (χ4n) is 2.87. The van der Waals surface area contributed by atoms with Crippen molar-refractivity contribution in [3.63, 3.8) is 0 Å². The van der Waals surface area contributed by atoms with E-state index in [1.807, 2.05) is 60.7 Å². The maximum Gasteiger partial charge on any atom is 0.316 e. The standard InChI is InChI=1S/C19H16N4O3/c24-18-19(25)23(15-9-5-2-6-10-15)12-11-22(18)13-16-20-17(21-26-16)14-7-3-1-4-8-14/h1-10H,11-13H2. The molecule has 2 amide bonds. The Morgan fingerprint density at radius 1 is 0.885 bits per heavy atom. The van der Waals surface area contributed by atoms with Crippen LogP contribution in [0.2, 0.25) is 0 Å². The van der Waals surface area contributed by atoms with Crippen molar-refractivity contribution in [3.05, 3.63) is 66.6 Å². The highest BCUT2D eigenvalue weighted by Gasteiger charge is 2.34. The van der Waals surface area contributed by atoms with Crippen LogP contribution in [0.1, 0.15) is 5.89 Å². The molecular weight excluding hydrogens is 332 g/mol. The molecule has 1 fully saturated rings. The lowest BCUT2D eigenvalue weighted by molar-refractivity contribution is -0.146. The summed E-state index contributed by atoms with van der Waals surface area (Å²) < 4.78 is 5.24. The predicted molar refractivity (Wildman–Crippen MR) is 93.9 cm³/mol. The Balaban J connectivity index is 1.46. The van der Waals surface area contributed by atoms with Crippen molar-refractivity contribution in [2.45, 2.75) is 6.54 Å². The number of aromatic nitrogens is 2. The molecule has 7 heteroatoms. The average molecular weight is 348 g/mol. The van der Waals surface area contributed by atoms with Gasteiger partial charge in [0.2, 0.25) is 11.7 Å². The lowest BCUT2D eigenvalue weighted by Crippen LogP contribution is -2.54. The number of rotatable bonds is 4. The van der Waals surface area contributed by atoms with E-state index in [1.165, 1.54) is 9.80 Å².